The Morgan fingerprint density at radius 2 is 2.07 bits per heavy atom. The summed E-state index contributed by atoms with van der Waals surface area (Å²) in [6.45, 7) is 0. The van der Waals surface area contributed by atoms with Gasteiger partial charge in [0, 0.05) is 5.02 Å². The smallest absolute Gasteiger partial charge is 0.259 e. The lowest BCUT2D eigenvalue weighted by Gasteiger charge is -1.95. The number of amides is 1. The van der Waals surface area contributed by atoms with Gasteiger partial charge in [-0.3, -0.25) is 4.79 Å². The van der Waals surface area contributed by atoms with Gasteiger partial charge in [0.1, 0.15) is 4.71 Å². The fourth-order valence-corrected chi connectivity index (χ4v) is 2.56. The van der Waals surface area contributed by atoms with Crippen LogP contribution in [0.4, 0.5) is 0 Å². The predicted octanol–water partition coefficient (Wildman–Crippen LogP) is 2.76. The number of hydrogen-bond donors (Lipinski definition) is 2. The maximum Gasteiger partial charge on any atom is 0.259 e. The summed E-state index contributed by atoms with van der Waals surface area (Å²) in [6, 6.07) is 7.33. The molecule has 15 heavy (non-hydrogen) atoms. The van der Waals surface area contributed by atoms with Crippen LogP contribution in [0.2, 0.25) is 5.02 Å². The minimum atomic E-state index is -0.143. The minimum Gasteiger partial charge on any atom is -0.331 e. The zero-order valence-electron chi connectivity index (χ0n) is 7.61. The van der Waals surface area contributed by atoms with Crippen LogP contribution in [0.5, 0.6) is 0 Å². The van der Waals surface area contributed by atoms with Gasteiger partial charge in [-0.1, -0.05) is 35.5 Å². The Labute approximate surface area is 102 Å². The zero-order valence-corrected chi connectivity index (χ0v) is 10.1. The first-order chi connectivity index (χ1) is 7.15. The maximum absolute atomic E-state index is 11.4. The van der Waals surface area contributed by atoms with Gasteiger partial charge in [0.15, 0.2) is 0 Å². The monoisotopic (exact) mass is 257 g/mol. The van der Waals surface area contributed by atoms with Gasteiger partial charge in [-0.2, -0.15) is 0 Å². The Morgan fingerprint density at radius 1 is 1.40 bits per heavy atom. The first-order valence-electron chi connectivity index (χ1n) is 4.28. The molecule has 1 N–H and O–H groups in total. The number of thioether (sulfide) groups is 1. The molecule has 1 atom stereocenters. The number of nitrogens with one attached hydrogen (secondary N) is 1. The van der Waals surface area contributed by atoms with E-state index in [0.29, 0.717) is 9.93 Å². The second kappa shape index (κ2) is 4.51. The van der Waals surface area contributed by atoms with Gasteiger partial charge < -0.3 is 5.32 Å². The predicted molar refractivity (Wildman–Crippen MR) is 67.9 cm³/mol. The molecule has 0 spiro atoms. The van der Waals surface area contributed by atoms with Gasteiger partial charge >= 0.3 is 0 Å². The Bertz CT molecular complexity index is 416. The maximum atomic E-state index is 11.4. The Hall–Kier alpha value is -0.580. The van der Waals surface area contributed by atoms with Crippen molar-refractivity contribution in [2.75, 3.05) is 0 Å². The third kappa shape index (κ3) is 2.71. The van der Waals surface area contributed by atoms with Crippen molar-refractivity contribution in [3.8, 4) is 0 Å². The molecule has 0 radical (unpaired) electrons. The molecule has 1 saturated heterocycles. The van der Waals surface area contributed by atoms with Crippen LogP contribution in [0, 0.1) is 0 Å². The van der Waals surface area contributed by atoms with E-state index in [-0.39, 0.29) is 10.6 Å². The molecule has 2 rings (SSSR count). The van der Waals surface area contributed by atoms with E-state index in [1.807, 2.05) is 18.2 Å². The topological polar surface area (TPSA) is 29.1 Å². The largest absolute Gasteiger partial charge is 0.331 e. The molecule has 0 aliphatic carbocycles. The minimum absolute atomic E-state index is 0.0741. The first kappa shape index (κ1) is 10.9. The highest BCUT2D eigenvalue weighted by atomic mass is 35.5. The fourth-order valence-electron chi connectivity index (χ4n) is 1.20. The third-order valence-electron chi connectivity index (χ3n) is 1.88. The summed E-state index contributed by atoms with van der Waals surface area (Å²) in [4.78, 5) is 12.1. The molecule has 1 aromatic carbocycles. The van der Waals surface area contributed by atoms with E-state index in [2.05, 4.69) is 17.9 Å². The van der Waals surface area contributed by atoms with E-state index in [0.717, 1.165) is 5.56 Å². The lowest BCUT2D eigenvalue weighted by atomic mass is 10.2. The summed E-state index contributed by atoms with van der Waals surface area (Å²) in [5.74, 6) is -0.0741. The van der Waals surface area contributed by atoms with Crippen molar-refractivity contribution < 1.29 is 4.79 Å². The van der Waals surface area contributed by atoms with Crippen LogP contribution in [0.3, 0.4) is 0 Å². The average Bonchev–Trinajstić information content (AvgIpc) is 2.49. The van der Waals surface area contributed by atoms with E-state index in [4.69, 9.17) is 11.6 Å². The lowest BCUT2D eigenvalue weighted by molar-refractivity contribution is -0.116. The number of thiol groups is 1. The molecule has 1 heterocycles. The number of benzene rings is 1. The molecule has 0 saturated carbocycles. The van der Waals surface area contributed by atoms with Crippen molar-refractivity contribution in [2.24, 2.45) is 0 Å². The van der Waals surface area contributed by atoms with Gasteiger partial charge in [-0.25, -0.2) is 0 Å². The molecule has 2 nitrogen and oxygen atoms in total. The molecule has 0 bridgehead atoms. The van der Waals surface area contributed by atoms with Crippen LogP contribution in [0.1, 0.15) is 5.56 Å². The number of carbonyl (C=O) groups excluding carboxylic acids is 1. The summed E-state index contributed by atoms with van der Waals surface area (Å²) < 4.78 is -0.143. The third-order valence-corrected chi connectivity index (χ3v) is 3.48. The van der Waals surface area contributed by atoms with Crippen molar-refractivity contribution in [1.82, 2.24) is 5.32 Å². The molecule has 1 aliphatic rings. The molecule has 1 unspecified atom stereocenters. The molecule has 1 fully saturated rings. The lowest BCUT2D eigenvalue weighted by Crippen LogP contribution is -2.19. The average molecular weight is 258 g/mol. The molecule has 1 aromatic rings. The first-order valence-corrected chi connectivity index (χ1v) is 6.05. The normalized spacial score (nSPS) is 23.2. The fraction of sp³-hybridized carbons (Fsp3) is 0.100. The summed E-state index contributed by atoms with van der Waals surface area (Å²) in [5, 5.41) is 3.38. The van der Waals surface area contributed by atoms with Gasteiger partial charge in [0.2, 0.25) is 0 Å². The van der Waals surface area contributed by atoms with E-state index < -0.39 is 0 Å². The highest BCUT2D eigenvalue weighted by molar-refractivity contribution is 8.14. The van der Waals surface area contributed by atoms with Gasteiger partial charge in [0.25, 0.3) is 5.91 Å². The second-order valence-electron chi connectivity index (χ2n) is 3.00. The van der Waals surface area contributed by atoms with E-state index in [9.17, 15) is 4.79 Å². The van der Waals surface area contributed by atoms with E-state index >= 15 is 0 Å². The quantitative estimate of drug-likeness (QED) is 0.598. The summed E-state index contributed by atoms with van der Waals surface area (Å²) in [6.07, 6.45) is 1.83. The van der Waals surface area contributed by atoms with Gasteiger partial charge in [0.05, 0.1) is 4.91 Å². The summed E-state index contributed by atoms with van der Waals surface area (Å²) >= 11 is 11.3. The highest BCUT2D eigenvalue weighted by Gasteiger charge is 2.23. The Balaban J connectivity index is 2.23. The van der Waals surface area contributed by atoms with Crippen LogP contribution in [0.15, 0.2) is 29.2 Å². The molecule has 0 aromatic heterocycles. The van der Waals surface area contributed by atoms with Crippen molar-refractivity contribution >= 4 is 48.0 Å². The standard InChI is InChI=1S/C10H8ClNOS2/c11-7-3-1-6(2-4-7)5-8-9(13)12-10(14)15-8/h1-5,10,14H,(H,12,13). The number of hydrogen-bond acceptors (Lipinski definition) is 3. The molecule has 1 amide bonds. The molecular formula is C10H8ClNOS2. The Morgan fingerprint density at radius 3 is 2.60 bits per heavy atom. The Kier molecular flexibility index (Phi) is 3.29. The summed E-state index contributed by atoms with van der Waals surface area (Å²) in [5.41, 5.74) is 0.958. The second-order valence-corrected chi connectivity index (χ2v) is 5.45. The highest BCUT2D eigenvalue weighted by Crippen LogP contribution is 2.30. The van der Waals surface area contributed by atoms with Gasteiger partial charge in [-0.15, -0.1) is 12.6 Å². The van der Waals surface area contributed by atoms with Crippen LogP contribution in [-0.2, 0) is 4.79 Å². The molecule has 1 aliphatic heterocycles. The number of rotatable bonds is 1. The molecular weight excluding hydrogens is 250 g/mol. The van der Waals surface area contributed by atoms with Crippen molar-refractivity contribution in [3.05, 3.63) is 39.8 Å². The van der Waals surface area contributed by atoms with Crippen LogP contribution < -0.4 is 5.32 Å². The van der Waals surface area contributed by atoms with Crippen LogP contribution >= 0.6 is 36.0 Å². The zero-order chi connectivity index (χ0) is 10.8. The summed E-state index contributed by atoms with van der Waals surface area (Å²) in [7, 11) is 0. The number of halogens is 1. The number of carbonyl (C=O) groups is 1. The van der Waals surface area contributed by atoms with Crippen LogP contribution in [-0.4, -0.2) is 10.6 Å². The van der Waals surface area contributed by atoms with E-state index in [1.54, 1.807) is 12.1 Å². The van der Waals surface area contributed by atoms with Crippen molar-refractivity contribution in [2.45, 2.75) is 4.71 Å². The SMILES string of the molecule is O=C1NC(S)SC1=Cc1ccc(Cl)cc1. The van der Waals surface area contributed by atoms with Crippen LogP contribution in [0.25, 0.3) is 6.08 Å². The van der Waals surface area contributed by atoms with Crippen molar-refractivity contribution in [3.63, 3.8) is 0 Å². The molecule has 78 valence electrons. The molecule has 5 heteroatoms. The van der Waals surface area contributed by atoms with E-state index in [1.165, 1.54) is 11.8 Å². The van der Waals surface area contributed by atoms with Crippen molar-refractivity contribution in [1.29, 1.82) is 0 Å². The van der Waals surface area contributed by atoms with Gasteiger partial charge in [-0.05, 0) is 23.8 Å².